The van der Waals surface area contributed by atoms with E-state index in [4.69, 9.17) is 4.74 Å². The smallest absolute Gasteiger partial charge is 0.304 e. The van der Waals surface area contributed by atoms with Gasteiger partial charge in [-0.3, -0.25) is 4.79 Å². The lowest BCUT2D eigenvalue weighted by atomic mass is 9.87. The predicted octanol–water partition coefficient (Wildman–Crippen LogP) is 3.92. The van der Waals surface area contributed by atoms with Crippen molar-refractivity contribution in [3.8, 4) is 5.75 Å². The summed E-state index contributed by atoms with van der Waals surface area (Å²) in [6.07, 6.45) is 0.0445. The van der Waals surface area contributed by atoms with Crippen molar-refractivity contribution in [1.29, 1.82) is 0 Å². The van der Waals surface area contributed by atoms with Crippen LogP contribution in [0.1, 0.15) is 34.6 Å². The fourth-order valence-electron chi connectivity index (χ4n) is 2.51. The number of hydrogen-bond acceptors (Lipinski definition) is 2. The summed E-state index contributed by atoms with van der Waals surface area (Å²) in [4.78, 5) is 11.3. The third-order valence-corrected chi connectivity index (χ3v) is 3.62. The second-order valence-electron chi connectivity index (χ2n) is 5.31. The fourth-order valence-corrected chi connectivity index (χ4v) is 2.51. The van der Waals surface area contributed by atoms with Crippen molar-refractivity contribution in [3.63, 3.8) is 0 Å². The third-order valence-electron chi connectivity index (χ3n) is 3.62. The largest absolute Gasteiger partial charge is 0.496 e. The minimum Gasteiger partial charge on any atom is -0.496 e. The molecule has 0 spiro atoms. The molecule has 0 heterocycles. The van der Waals surface area contributed by atoms with Crippen LogP contribution in [0.15, 0.2) is 42.5 Å². The molecule has 0 saturated heterocycles. The van der Waals surface area contributed by atoms with Crippen LogP contribution < -0.4 is 4.74 Å². The maximum atomic E-state index is 11.3. The summed E-state index contributed by atoms with van der Waals surface area (Å²) in [5, 5.41) is 9.25. The zero-order valence-corrected chi connectivity index (χ0v) is 12.6. The molecule has 0 bridgehead atoms. The third kappa shape index (κ3) is 3.63. The van der Waals surface area contributed by atoms with E-state index in [1.807, 2.05) is 56.3 Å². The average molecular weight is 284 g/mol. The number of carbonyl (C=O) groups is 1. The van der Waals surface area contributed by atoms with Gasteiger partial charge in [0.2, 0.25) is 0 Å². The van der Waals surface area contributed by atoms with Gasteiger partial charge in [0.15, 0.2) is 0 Å². The van der Waals surface area contributed by atoms with Gasteiger partial charge in [-0.15, -0.1) is 0 Å². The Bertz CT molecular complexity index is 629. The maximum absolute atomic E-state index is 11.3. The molecule has 2 aromatic rings. The molecule has 0 aliphatic carbocycles. The Morgan fingerprint density at radius 2 is 1.71 bits per heavy atom. The van der Waals surface area contributed by atoms with Crippen molar-refractivity contribution >= 4 is 5.97 Å². The first-order valence-electron chi connectivity index (χ1n) is 6.94. The average Bonchev–Trinajstić information content (AvgIpc) is 2.45. The van der Waals surface area contributed by atoms with E-state index >= 15 is 0 Å². The van der Waals surface area contributed by atoms with Crippen LogP contribution in [0.5, 0.6) is 5.75 Å². The summed E-state index contributed by atoms with van der Waals surface area (Å²) < 4.78 is 5.42. The first-order chi connectivity index (χ1) is 10.0. The Hall–Kier alpha value is -2.29. The van der Waals surface area contributed by atoms with Crippen molar-refractivity contribution in [2.75, 3.05) is 7.11 Å². The fraction of sp³-hybridized carbons (Fsp3) is 0.278. The first-order valence-corrected chi connectivity index (χ1v) is 6.94. The molecule has 0 aliphatic rings. The summed E-state index contributed by atoms with van der Waals surface area (Å²) in [6.45, 7) is 4.01. The molecule has 2 rings (SSSR count). The second kappa shape index (κ2) is 6.44. The highest BCUT2D eigenvalue weighted by Crippen LogP contribution is 2.35. The number of carboxylic acids is 1. The molecular formula is C18H20O3. The lowest BCUT2D eigenvalue weighted by molar-refractivity contribution is -0.137. The van der Waals surface area contributed by atoms with E-state index in [0.29, 0.717) is 0 Å². The number of methoxy groups -OCH3 is 1. The van der Waals surface area contributed by atoms with Gasteiger partial charge in [-0.05, 0) is 25.5 Å². The standard InChI is InChI=1S/C18H20O3/c1-12-4-7-14(8-5-12)15(11-18(19)20)16-10-13(2)6-9-17(16)21-3/h4-10,15H,11H2,1-3H3,(H,19,20). The monoisotopic (exact) mass is 284 g/mol. The molecule has 0 radical (unpaired) electrons. The van der Waals surface area contributed by atoms with Crippen LogP contribution in [-0.4, -0.2) is 18.2 Å². The number of benzene rings is 2. The highest BCUT2D eigenvalue weighted by Gasteiger charge is 2.21. The second-order valence-corrected chi connectivity index (χ2v) is 5.31. The topological polar surface area (TPSA) is 46.5 Å². The van der Waals surface area contributed by atoms with Gasteiger partial charge < -0.3 is 9.84 Å². The summed E-state index contributed by atoms with van der Waals surface area (Å²) in [5.41, 5.74) is 4.16. The molecule has 0 fully saturated rings. The molecule has 3 heteroatoms. The molecule has 1 N–H and O–H groups in total. The van der Waals surface area contributed by atoms with Gasteiger partial charge in [-0.25, -0.2) is 0 Å². The number of aliphatic carboxylic acids is 1. The van der Waals surface area contributed by atoms with Crippen molar-refractivity contribution in [2.24, 2.45) is 0 Å². The summed E-state index contributed by atoms with van der Waals surface area (Å²) in [6, 6.07) is 13.9. The lowest BCUT2D eigenvalue weighted by Gasteiger charge is -2.19. The highest BCUT2D eigenvalue weighted by molar-refractivity contribution is 5.69. The zero-order valence-electron chi connectivity index (χ0n) is 12.6. The van der Waals surface area contributed by atoms with Crippen LogP contribution in [0.25, 0.3) is 0 Å². The van der Waals surface area contributed by atoms with Gasteiger partial charge in [0.25, 0.3) is 0 Å². The van der Waals surface area contributed by atoms with Crippen molar-refractivity contribution in [2.45, 2.75) is 26.2 Å². The van der Waals surface area contributed by atoms with Gasteiger partial charge in [0.05, 0.1) is 13.5 Å². The Morgan fingerprint density at radius 3 is 2.29 bits per heavy atom. The van der Waals surface area contributed by atoms with Crippen LogP contribution in [-0.2, 0) is 4.79 Å². The molecule has 2 aromatic carbocycles. The van der Waals surface area contributed by atoms with Crippen LogP contribution in [0.3, 0.4) is 0 Å². The van der Waals surface area contributed by atoms with E-state index in [9.17, 15) is 9.90 Å². The predicted molar refractivity (Wildman–Crippen MR) is 83.0 cm³/mol. The Labute approximate surface area is 125 Å². The quantitative estimate of drug-likeness (QED) is 0.905. The number of hydrogen-bond donors (Lipinski definition) is 1. The van der Waals surface area contributed by atoms with E-state index in [1.165, 1.54) is 0 Å². The molecule has 1 atom stereocenters. The van der Waals surface area contributed by atoms with Gasteiger partial charge >= 0.3 is 5.97 Å². The van der Waals surface area contributed by atoms with E-state index in [0.717, 1.165) is 28.0 Å². The minimum absolute atomic E-state index is 0.0445. The molecular weight excluding hydrogens is 264 g/mol. The molecule has 3 nitrogen and oxygen atoms in total. The molecule has 0 aromatic heterocycles. The first kappa shape index (κ1) is 15.1. The molecule has 21 heavy (non-hydrogen) atoms. The van der Waals surface area contributed by atoms with Gasteiger partial charge in [0, 0.05) is 11.5 Å². The SMILES string of the molecule is COc1ccc(C)cc1C(CC(=O)O)c1ccc(C)cc1. The van der Waals surface area contributed by atoms with Gasteiger partial charge in [-0.2, -0.15) is 0 Å². The van der Waals surface area contributed by atoms with E-state index in [2.05, 4.69) is 0 Å². The van der Waals surface area contributed by atoms with Crippen molar-refractivity contribution in [1.82, 2.24) is 0 Å². The Kier molecular flexibility index (Phi) is 4.63. The number of rotatable bonds is 5. The summed E-state index contributed by atoms with van der Waals surface area (Å²) >= 11 is 0. The van der Waals surface area contributed by atoms with Gasteiger partial charge in [0.1, 0.15) is 5.75 Å². The van der Waals surface area contributed by atoms with Crippen molar-refractivity contribution < 1.29 is 14.6 Å². The highest BCUT2D eigenvalue weighted by atomic mass is 16.5. The number of carboxylic acid groups (broad SMARTS) is 1. The normalized spacial score (nSPS) is 12.0. The van der Waals surface area contributed by atoms with E-state index < -0.39 is 5.97 Å². The van der Waals surface area contributed by atoms with Gasteiger partial charge in [-0.1, -0.05) is 47.5 Å². The summed E-state index contributed by atoms with van der Waals surface area (Å²) in [7, 11) is 1.61. The molecule has 1 unspecified atom stereocenters. The molecule has 0 amide bonds. The van der Waals surface area contributed by atoms with Crippen LogP contribution in [0.4, 0.5) is 0 Å². The Morgan fingerprint density at radius 1 is 1.10 bits per heavy atom. The zero-order chi connectivity index (χ0) is 15.4. The number of aryl methyl sites for hydroxylation is 2. The van der Waals surface area contributed by atoms with Crippen LogP contribution >= 0.6 is 0 Å². The number of ether oxygens (including phenoxy) is 1. The van der Waals surface area contributed by atoms with Crippen LogP contribution in [0, 0.1) is 13.8 Å². The summed E-state index contributed by atoms with van der Waals surface area (Å²) in [5.74, 6) is -0.297. The maximum Gasteiger partial charge on any atom is 0.304 e. The van der Waals surface area contributed by atoms with E-state index in [1.54, 1.807) is 7.11 Å². The van der Waals surface area contributed by atoms with Crippen LogP contribution in [0.2, 0.25) is 0 Å². The lowest BCUT2D eigenvalue weighted by Crippen LogP contribution is -2.09. The molecule has 110 valence electrons. The minimum atomic E-state index is -0.816. The molecule has 0 saturated carbocycles. The Balaban J connectivity index is 2.52. The van der Waals surface area contributed by atoms with Crippen molar-refractivity contribution in [3.05, 3.63) is 64.7 Å². The van der Waals surface area contributed by atoms with E-state index in [-0.39, 0.29) is 12.3 Å². The molecule has 0 aliphatic heterocycles.